The molecule has 0 saturated heterocycles. The number of rotatable bonds is 8. The average Bonchev–Trinajstić information content (AvgIpc) is 3.22. The lowest BCUT2D eigenvalue weighted by Gasteiger charge is -2.17. The Balaban J connectivity index is 2.09. The van der Waals surface area contributed by atoms with Crippen molar-refractivity contribution < 1.29 is 19.4 Å². The Morgan fingerprint density at radius 1 is 1.37 bits per heavy atom. The van der Waals surface area contributed by atoms with Crippen LogP contribution < -0.4 is 5.32 Å². The second-order valence-corrected chi connectivity index (χ2v) is 8.33. The number of aromatic nitrogens is 3. The first kappa shape index (κ1) is 21.4. The van der Waals surface area contributed by atoms with E-state index < -0.39 is 11.6 Å². The summed E-state index contributed by atoms with van der Waals surface area (Å²) >= 11 is 2.58. The van der Waals surface area contributed by atoms with Crippen LogP contribution in [0.1, 0.15) is 48.8 Å². The number of hydrogen-bond donors (Lipinski definition) is 2. The highest BCUT2D eigenvalue weighted by Gasteiger charge is 2.26. The van der Waals surface area contributed by atoms with Crippen LogP contribution in [0.3, 0.4) is 0 Å². The quantitative estimate of drug-likeness (QED) is 0.507. The molecule has 2 aromatic rings. The zero-order valence-corrected chi connectivity index (χ0v) is 17.7. The molecule has 10 heteroatoms. The Morgan fingerprint density at radius 2 is 2.07 bits per heavy atom. The second-order valence-electron chi connectivity index (χ2n) is 6.25. The topological polar surface area (TPSA) is 106 Å². The highest BCUT2D eigenvalue weighted by atomic mass is 32.2. The Kier molecular flexibility index (Phi) is 7.01. The summed E-state index contributed by atoms with van der Waals surface area (Å²) in [7, 11) is 1.31. The predicted molar refractivity (Wildman–Crippen MR) is 105 cm³/mol. The number of carbonyl (C=O) groups is 2. The lowest BCUT2D eigenvalue weighted by atomic mass is 10.1. The molecule has 2 aromatic heterocycles. The van der Waals surface area contributed by atoms with E-state index in [1.165, 1.54) is 30.2 Å². The number of esters is 1. The maximum Gasteiger partial charge on any atom is 0.340 e. The van der Waals surface area contributed by atoms with Gasteiger partial charge in [-0.1, -0.05) is 18.7 Å². The number of anilines is 1. The number of thiophene rings is 1. The largest absolute Gasteiger partial charge is 0.465 e. The van der Waals surface area contributed by atoms with Crippen LogP contribution in [0.25, 0.3) is 0 Å². The highest BCUT2D eigenvalue weighted by Crippen LogP contribution is 2.30. The number of amides is 1. The zero-order chi connectivity index (χ0) is 20.2. The molecule has 0 aliphatic carbocycles. The van der Waals surface area contributed by atoms with Gasteiger partial charge in [0.15, 0.2) is 11.0 Å². The van der Waals surface area contributed by atoms with Crippen LogP contribution in [0.5, 0.6) is 0 Å². The maximum atomic E-state index is 12.4. The van der Waals surface area contributed by atoms with Crippen molar-refractivity contribution in [1.82, 2.24) is 14.8 Å². The molecule has 0 saturated carbocycles. The van der Waals surface area contributed by atoms with E-state index in [1.807, 2.05) is 13.8 Å². The number of thioether (sulfide) groups is 1. The van der Waals surface area contributed by atoms with Crippen molar-refractivity contribution in [3.63, 3.8) is 0 Å². The lowest BCUT2D eigenvalue weighted by Crippen LogP contribution is -2.22. The molecule has 0 aliphatic rings. The fourth-order valence-corrected chi connectivity index (χ4v) is 4.20. The van der Waals surface area contributed by atoms with E-state index in [-0.39, 0.29) is 11.7 Å². The van der Waals surface area contributed by atoms with E-state index in [4.69, 9.17) is 4.74 Å². The minimum Gasteiger partial charge on any atom is -0.465 e. The Morgan fingerprint density at radius 3 is 2.63 bits per heavy atom. The standard InChI is InChI=1S/C17H24N4O4S2/c1-6-10-8-11(14(23)25-5)13(27-10)18-12(22)9-26-16-20-19-15(17(3,4)24)21(16)7-2/h8,24H,6-7,9H2,1-5H3,(H,18,22). The first-order chi connectivity index (χ1) is 12.7. The summed E-state index contributed by atoms with van der Waals surface area (Å²) in [6.45, 7) is 7.75. The molecule has 0 bridgehead atoms. The summed E-state index contributed by atoms with van der Waals surface area (Å²) < 4.78 is 6.55. The Labute approximate surface area is 166 Å². The zero-order valence-electron chi connectivity index (χ0n) is 16.0. The van der Waals surface area contributed by atoms with Crippen molar-refractivity contribution in [3.8, 4) is 0 Å². The summed E-state index contributed by atoms with van der Waals surface area (Å²) in [4.78, 5) is 25.2. The van der Waals surface area contributed by atoms with Gasteiger partial charge in [0.1, 0.15) is 10.6 Å². The molecule has 0 aliphatic heterocycles. The molecule has 2 rings (SSSR count). The van der Waals surface area contributed by atoms with Crippen molar-refractivity contribution >= 4 is 40.0 Å². The molecule has 0 radical (unpaired) electrons. The molecule has 0 atom stereocenters. The van der Waals surface area contributed by atoms with Gasteiger partial charge in [0.2, 0.25) is 5.91 Å². The summed E-state index contributed by atoms with van der Waals surface area (Å²) in [5.41, 5.74) is -0.758. The summed E-state index contributed by atoms with van der Waals surface area (Å²) in [6, 6.07) is 1.74. The van der Waals surface area contributed by atoms with Crippen LogP contribution in [0, 0.1) is 0 Å². The molecule has 0 aromatic carbocycles. The molecule has 2 heterocycles. The molecule has 0 spiro atoms. The highest BCUT2D eigenvalue weighted by molar-refractivity contribution is 7.99. The Bertz CT molecular complexity index is 824. The van der Waals surface area contributed by atoms with E-state index >= 15 is 0 Å². The fourth-order valence-electron chi connectivity index (χ4n) is 2.40. The van der Waals surface area contributed by atoms with Crippen molar-refractivity contribution in [3.05, 3.63) is 22.3 Å². The van der Waals surface area contributed by atoms with Gasteiger partial charge < -0.3 is 19.7 Å². The molecule has 2 N–H and O–H groups in total. The number of methoxy groups -OCH3 is 1. The molecule has 1 amide bonds. The van der Waals surface area contributed by atoms with E-state index in [0.717, 1.165) is 11.3 Å². The van der Waals surface area contributed by atoms with Crippen LogP contribution in [0.15, 0.2) is 11.2 Å². The number of carbonyl (C=O) groups excluding carboxylic acids is 2. The summed E-state index contributed by atoms with van der Waals surface area (Å²) in [5.74, 6) is -0.185. The van der Waals surface area contributed by atoms with E-state index in [2.05, 4.69) is 15.5 Å². The number of aliphatic hydroxyl groups is 1. The number of hydrogen-bond acceptors (Lipinski definition) is 8. The molecular weight excluding hydrogens is 388 g/mol. The van der Waals surface area contributed by atoms with Gasteiger partial charge in [-0.2, -0.15) is 0 Å². The van der Waals surface area contributed by atoms with Gasteiger partial charge in [0.25, 0.3) is 0 Å². The minimum atomic E-state index is -1.12. The monoisotopic (exact) mass is 412 g/mol. The normalized spacial score (nSPS) is 11.5. The number of nitrogens with one attached hydrogen (secondary N) is 1. The van der Waals surface area contributed by atoms with E-state index in [1.54, 1.807) is 24.5 Å². The van der Waals surface area contributed by atoms with Gasteiger partial charge in [-0.3, -0.25) is 4.79 Å². The summed E-state index contributed by atoms with van der Waals surface area (Å²) in [6.07, 6.45) is 0.763. The third kappa shape index (κ3) is 5.08. The van der Waals surface area contributed by atoms with E-state index in [9.17, 15) is 14.7 Å². The molecular formula is C17H24N4O4S2. The van der Waals surface area contributed by atoms with Crippen molar-refractivity contribution in [1.29, 1.82) is 0 Å². The number of aryl methyl sites for hydroxylation is 1. The van der Waals surface area contributed by atoms with Gasteiger partial charge in [-0.15, -0.1) is 21.5 Å². The smallest absolute Gasteiger partial charge is 0.340 e. The molecule has 27 heavy (non-hydrogen) atoms. The maximum absolute atomic E-state index is 12.4. The van der Waals surface area contributed by atoms with Crippen molar-refractivity contribution in [2.75, 3.05) is 18.2 Å². The third-order valence-electron chi connectivity index (χ3n) is 3.70. The van der Waals surface area contributed by atoms with Crippen LogP contribution >= 0.6 is 23.1 Å². The second kappa shape index (κ2) is 8.85. The SMILES string of the molecule is CCc1cc(C(=O)OC)c(NC(=O)CSc2nnc(C(C)(C)O)n2CC)s1. The molecule has 0 unspecified atom stereocenters. The first-order valence-electron chi connectivity index (χ1n) is 8.50. The fraction of sp³-hybridized carbons (Fsp3) is 0.529. The Hall–Kier alpha value is -1.91. The van der Waals surface area contributed by atoms with Crippen LogP contribution in [-0.4, -0.2) is 44.6 Å². The number of ether oxygens (including phenoxy) is 1. The predicted octanol–water partition coefficient (Wildman–Crippen LogP) is 2.67. The van der Waals surface area contributed by atoms with E-state index in [0.29, 0.717) is 28.1 Å². The van der Waals surface area contributed by atoms with Crippen LogP contribution in [0.4, 0.5) is 5.00 Å². The average molecular weight is 413 g/mol. The first-order valence-corrected chi connectivity index (χ1v) is 10.3. The van der Waals surface area contributed by atoms with Crippen molar-refractivity contribution in [2.24, 2.45) is 0 Å². The van der Waals surface area contributed by atoms with Gasteiger partial charge in [-0.05, 0) is 33.3 Å². The third-order valence-corrected chi connectivity index (χ3v) is 5.86. The number of nitrogens with zero attached hydrogens (tertiary/aromatic N) is 3. The molecule has 0 fully saturated rings. The van der Waals surface area contributed by atoms with Gasteiger partial charge in [0.05, 0.1) is 18.4 Å². The van der Waals surface area contributed by atoms with Crippen molar-refractivity contribution in [2.45, 2.75) is 51.4 Å². The van der Waals surface area contributed by atoms with Gasteiger partial charge in [-0.25, -0.2) is 4.79 Å². The lowest BCUT2D eigenvalue weighted by molar-refractivity contribution is -0.113. The van der Waals surface area contributed by atoms with Crippen LogP contribution in [0.2, 0.25) is 0 Å². The van der Waals surface area contributed by atoms with Gasteiger partial charge >= 0.3 is 5.97 Å². The molecule has 8 nitrogen and oxygen atoms in total. The van der Waals surface area contributed by atoms with Gasteiger partial charge in [0, 0.05) is 11.4 Å². The summed E-state index contributed by atoms with van der Waals surface area (Å²) in [5, 5.41) is 22.1. The van der Waals surface area contributed by atoms with Crippen LogP contribution in [-0.2, 0) is 28.1 Å². The molecule has 148 valence electrons. The minimum absolute atomic E-state index is 0.101.